The van der Waals surface area contributed by atoms with E-state index in [1.807, 2.05) is 18.7 Å². The van der Waals surface area contributed by atoms with Crippen LogP contribution in [0.25, 0.3) is 0 Å². The average molecular weight is 213 g/mol. The summed E-state index contributed by atoms with van der Waals surface area (Å²) in [7, 11) is 2.09. The molecule has 0 aliphatic carbocycles. The highest BCUT2D eigenvalue weighted by atomic mass is 16.2. The fourth-order valence-corrected chi connectivity index (χ4v) is 1.75. The molecule has 0 spiro atoms. The van der Waals surface area contributed by atoms with Gasteiger partial charge in [-0.15, -0.1) is 0 Å². The third kappa shape index (κ3) is 2.69. The lowest BCUT2D eigenvalue weighted by Gasteiger charge is -2.40. The second-order valence-electron chi connectivity index (χ2n) is 4.85. The number of hydrogen-bond acceptors (Lipinski definition) is 3. The summed E-state index contributed by atoms with van der Waals surface area (Å²) in [5.74, 6) is 0.0879. The van der Waals surface area contributed by atoms with Crippen molar-refractivity contribution in [3.05, 3.63) is 0 Å². The van der Waals surface area contributed by atoms with Crippen LogP contribution in [-0.4, -0.2) is 54.0 Å². The smallest absolute Gasteiger partial charge is 0.242 e. The molecule has 0 aromatic heterocycles. The Hall–Kier alpha value is -0.610. The molecule has 2 unspecified atom stereocenters. The first-order valence-corrected chi connectivity index (χ1v) is 5.67. The third-order valence-electron chi connectivity index (χ3n) is 3.47. The Balaban J connectivity index is 2.62. The van der Waals surface area contributed by atoms with Gasteiger partial charge in [-0.05, 0) is 27.3 Å². The van der Waals surface area contributed by atoms with E-state index in [0.29, 0.717) is 12.5 Å². The van der Waals surface area contributed by atoms with Gasteiger partial charge >= 0.3 is 0 Å². The largest absolute Gasteiger partial charge is 0.338 e. The highest BCUT2D eigenvalue weighted by molar-refractivity contribution is 5.85. The molecule has 0 aromatic carbocycles. The molecule has 1 fully saturated rings. The van der Waals surface area contributed by atoms with Gasteiger partial charge in [0.05, 0.1) is 5.54 Å². The highest BCUT2D eigenvalue weighted by Gasteiger charge is 2.33. The molecular weight excluding hydrogens is 190 g/mol. The van der Waals surface area contributed by atoms with Crippen LogP contribution in [0.15, 0.2) is 0 Å². The zero-order chi connectivity index (χ0) is 11.6. The molecule has 0 saturated carbocycles. The number of rotatable bonds is 2. The van der Waals surface area contributed by atoms with Crippen LogP contribution in [0.1, 0.15) is 27.2 Å². The molecular formula is C11H23N3O. The number of hydrogen-bond donors (Lipinski definition) is 1. The second kappa shape index (κ2) is 4.49. The molecule has 0 bridgehead atoms. The van der Waals surface area contributed by atoms with E-state index in [2.05, 4.69) is 18.9 Å². The molecule has 1 aliphatic heterocycles. The lowest BCUT2D eigenvalue weighted by Crippen LogP contribution is -2.59. The van der Waals surface area contributed by atoms with Gasteiger partial charge in [-0.2, -0.15) is 0 Å². The summed E-state index contributed by atoms with van der Waals surface area (Å²) >= 11 is 0. The van der Waals surface area contributed by atoms with Gasteiger partial charge in [0.2, 0.25) is 5.91 Å². The van der Waals surface area contributed by atoms with E-state index in [0.717, 1.165) is 19.6 Å². The second-order valence-corrected chi connectivity index (χ2v) is 4.85. The van der Waals surface area contributed by atoms with Crippen LogP contribution < -0.4 is 5.73 Å². The van der Waals surface area contributed by atoms with Gasteiger partial charge in [0.1, 0.15) is 0 Å². The first-order chi connectivity index (χ1) is 6.88. The van der Waals surface area contributed by atoms with Crippen molar-refractivity contribution in [3.63, 3.8) is 0 Å². The van der Waals surface area contributed by atoms with Crippen LogP contribution in [0.5, 0.6) is 0 Å². The minimum atomic E-state index is -0.699. The van der Waals surface area contributed by atoms with Crippen LogP contribution in [0.4, 0.5) is 0 Å². The van der Waals surface area contributed by atoms with Crippen LogP contribution >= 0.6 is 0 Å². The fourth-order valence-electron chi connectivity index (χ4n) is 1.75. The Kier molecular flexibility index (Phi) is 3.73. The predicted octanol–water partition coefficient (Wildman–Crippen LogP) is 0.276. The van der Waals surface area contributed by atoms with Gasteiger partial charge in [-0.3, -0.25) is 4.79 Å². The van der Waals surface area contributed by atoms with E-state index < -0.39 is 5.54 Å². The maximum atomic E-state index is 12.1. The van der Waals surface area contributed by atoms with Crippen molar-refractivity contribution in [2.24, 2.45) is 5.73 Å². The van der Waals surface area contributed by atoms with Crippen molar-refractivity contribution in [1.29, 1.82) is 0 Å². The van der Waals surface area contributed by atoms with E-state index >= 15 is 0 Å². The van der Waals surface area contributed by atoms with Crippen LogP contribution in [-0.2, 0) is 4.79 Å². The van der Waals surface area contributed by atoms with Crippen LogP contribution in [0, 0.1) is 0 Å². The number of nitrogens with two attached hydrogens (primary N) is 1. The molecule has 0 radical (unpaired) electrons. The number of amides is 1. The summed E-state index contributed by atoms with van der Waals surface area (Å²) in [5.41, 5.74) is 5.27. The molecule has 1 rings (SSSR count). The Morgan fingerprint density at radius 2 is 2.13 bits per heavy atom. The van der Waals surface area contributed by atoms with E-state index in [1.54, 1.807) is 0 Å². The first-order valence-electron chi connectivity index (χ1n) is 5.67. The molecule has 1 aliphatic rings. The van der Waals surface area contributed by atoms with Crippen molar-refractivity contribution < 1.29 is 4.79 Å². The number of carbonyl (C=O) groups is 1. The molecule has 1 saturated heterocycles. The Labute approximate surface area is 92.4 Å². The summed E-state index contributed by atoms with van der Waals surface area (Å²) in [5, 5.41) is 0. The van der Waals surface area contributed by atoms with Crippen LogP contribution in [0.3, 0.4) is 0 Å². The lowest BCUT2D eigenvalue weighted by molar-refractivity contribution is -0.139. The van der Waals surface area contributed by atoms with Crippen molar-refractivity contribution >= 4 is 5.91 Å². The van der Waals surface area contributed by atoms with E-state index in [-0.39, 0.29) is 5.91 Å². The maximum Gasteiger partial charge on any atom is 0.242 e. The molecule has 15 heavy (non-hydrogen) atoms. The average Bonchev–Trinajstić information content (AvgIpc) is 2.21. The summed E-state index contributed by atoms with van der Waals surface area (Å²) < 4.78 is 0. The van der Waals surface area contributed by atoms with Crippen molar-refractivity contribution in [1.82, 2.24) is 9.80 Å². The summed E-state index contributed by atoms with van der Waals surface area (Å²) in [6, 6.07) is 0.426. The summed E-state index contributed by atoms with van der Waals surface area (Å²) in [4.78, 5) is 16.2. The topological polar surface area (TPSA) is 49.6 Å². The first kappa shape index (κ1) is 12.5. The monoisotopic (exact) mass is 213 g/mol. The Morgan fingerprint density at radius 3 is 2.60 bits per heavy atom. The van der Waals surface area contributed by atoms with Crippen molar-refractivity contribution in [3.8, 4) is 0 Å². The molecule has 2 atom stereocenters. The fraction of sp³-hybridized carbons (Fsp3) is 0.909. The van der Waals surface area contributed by atoms with Gasteiger partial charge in [-0.1, -0.05) is 6.92 Å². The standard InChI is InChI=1S/C11H23N3O/c1-5-11(3,12)10(15)14-7-6-13(4)9(2)8-14/h9H,5-8,12H2,1-4H3. The van der Waals surface area contributed by atoms with E-state index in [9.17, 15) is 4.79 Å². The number of piperazine rings is 1. The van der Waals surface area contributed by atoms with Crippen molar-refractivity contribution in [2.75, 3.05) is 26.7 Å². The Bertz CT molecular complexity index is 240. The molecule has 0 aromatic rings. The minimum absolute atomic E-state index is 0.0879. The normalized spacial score (nSPS) is 27.5. The van der Waals surface area contributed by atoms with E-state index in [1.165, 1.54) is 0 Å². The van der Waals surface area contributed by atoms with Gasteiger partial charge in [0, 0.05) is 25.7 Å². The maximum absolute atomic E-state index is 12.1. The highest BCUT2D eigenvalue weighted by Crippen LogP contribution is 2.14. The molecule has 4 heteroatoms. The van der Waals surface area contributed by atoms with Gasteiger partial charge in [-0.25, -0.2) is 0 Å². The summed E-state index contributed by atoms with van der Waals surface area (Å²) in [6.07, 6.45) is 0.687. The van der Waals surface area contributed by atoms with Gasteiger partial charge in [0.25, 0.3) is 0 Å². The zero-order valence-electron chi connectivity index (χ0n) is 10.3. The van der Waals surface area contributed by atoms with Crippen LogP contribution in [0.2, 0.25) is 0 Å². The number of nitrogens with zero attached hydrogens (tertiary/aromatic N) is 2. The Morgan fingerprint density at radius 1 is 1.53 bits per heavy atom. The third-order valence-corrected chi connectivity index (χ3v) is 3.47. The lowest BCUT2D eigenvalue weighted by atomic mass is 9.97. The van der Waals surface area contributed by atoms with Gasteiger partial charge < -0.3 is 15.5 Å². The molecule has 2 N–H and O–H groups in total. The van der Waals surface area contributed by atoms with Crippen molar-refractivity contribution in [2.45, 2.75) is 38.8 Å². The number of likely N-dealkylation sites (N-methyl/N-ethyl adjacent to an activating group) is 1. The zero-order valence-corrected chi connectivity index (χ0v) is 10.3. The summed E-state index contributed by atoms with van der Waals surface area (Å²) in [6.45, 7) is 8.44. The molecule has 1 amide bonds. The molecule has 1 heterocycles. The predicted molar refractivity (Wildman–Crippen MR) is 61.6 cm³/mol. The quantitative estimate of drug-likeness (QED) is 0.716. The van der Waals surface area contributed by atoms with Gasteiger partial charge in [0.15, 0.2) is 0 Å². The molecule has 4 nitrogen and oxygen atoms in total. The van der Waals surface area contributed by atoms with E-state index in [4.69, 9.17) is 5.73 Å². The molecule has 88 valence electrons. The SMILES string of the molecule is CCC(C)(N)C(=O)N1CCN(C)C(C)C1. The number of carbonyl (C=O) groups excluding carboxylic acids is 1. The minimum Gasteiger partial charge on any atom is -0.338 e.